The van der Waals surface area contributed by atoms with Crippen LogP contribution in [0.3, 0.4) is 0 Å². The molecule has 2 heterocycles. The molecule has 0 radical (unpaired) electrons. The van der Waals surface area contributed by atoms with Crippen molar-refractivity contribution in [1.82, 2.24) is 9.80 Å². The molecule has 0 aliphatic carbocycles. The molecule has 6 heteroatoms. The van der Waals surface area contributed by atoms with Crippen molar-refractivity contribution in [3.63, 3.8) is 0 Å². The summed E-state index contributed by atoms with van der Waals surface area (Å²) in [6.45, 7) is 7.59. The van der Waals surface area contributed by atoms with E-state index in [4.69, 9.17) is 5.73 Å². The molecule has 2 N–H and O–H groups in total. The SMILES string of the molecule is CC(C)CC(=O)N1CCCC([C@]2(C)CC(=O)N(C)C(N)=N2)C1. The van der Waals surface area contributed by atoms with Gasteiger partial charge >= 0.3 is 0 Å². The van der Waals surface area contributed by atoms with Crippen LogP contribution in [0.2, 0.25) is 0 Å². The van der Waals surface area contributed by atoms with Gasteiger partial charge in [0.25, 0.3) is 0 Å². The third-order valence-electron chi connectivity index (χ3n) is 4.83. The molecule has 1 saturated heterocycles. The van der Waals surface area contributed by atoms with Gasteiger partial charge in [-0.1, -0.05) is 13.8 Å². The number of carbonyl (C=O) groups is 2. The number of carbonyl (C=O) groups excluding carboxylic acids is 2. The molecule has 2 atom stereocenters. The first-order valence-electron chi connectivity index (χ1n) is 8.12. The van der Waals surface area contributed by atoms with E-state index in [1.165, 1.54) is 4.90 Å². The van der Waals surface area contributed by atoms with Crippen LogP contribution in [-0.2, 0) is 9.59 Å². The summed E-state index contributed by atoms with van der Waals surface area (Å²) in [5.41, 5.74) is 5.39. The Balaban J connectivity index is 2.12. The Hall–Kier alpha value is -1.59. The van der Waals surface area contributed by atoms with E-state index < -0.39 is 5.54 Å². The van der Waals surface area contributed by atoms with Gasteiger partial charge in [-0.25, -0.2) is 4.99 Å². The monoisotopic (exact) mass is 308 g/mol. The predicted octanol–water partition coefficient (Wildman–Crippen LogP) is 1.21. The van der Waals surface area contributed by atoms with Gasteiger partial charge in [-0.15, -0.1) is 0 Å². The lowest BCUT2D eigenvalue weighted by molar-refractivity contribution is -0.134. The molecule has 6 nitrogen and oxygen atoms in total. The number of aliphatic imine (C=N–C) groups is 1. The minimum absolute atomic E-state index is 0.000584. The largest absolute Gasteiger partial charge is 0.369 e. The molecule has 22 heavy (non-hydrogen) atoms. The molecule has 2 rings (SSSR count). The van der Waals surface area contributed by atoms with Gasteiger partial charge in [0.1, 0.15) is 0 Å². The Morgan fingerprint density at radius 1 is 1.50 bits per heavy atom. The summed E-state index contributed by atoms with van der Waals surface area (Å²) < 4.78 is 0. The number of likely N-dealkylation sites (tertiary alicyclic amines) is 1. The summed E-state index contributed by atoms with van der Waals surface area (Å²) in [7, 11) is 1.65. The number of nitrogens with zero attached hydrogens (tertiary/aromatic N) is 3. The van der Waals surface area contributed by atoms with Gasteiger partial charge in [-0.2, -0.15) is 0 Å². The molecular formula is C16H28N4O2. The van der Waals surface area contributed by atoms with Crippen molar-refractivity contribution in [1.29, 1.82) is 0 Å². The Labute approximate surface area is 132 Å². The van der Waals surface area contributed by atoms with Crippen LogP contribution in [0.1, 0.15) is 46.5 Å². The number of piperidine rings is 1. The van der Waals surface area contributed by atoms with E-state index in [9.17, 15) is 9.59 Å². The van der Waals surface area contributed by atoms with Gasteiger partial charge < -0.3 is 10.6 Å². The van der Waals surface area contributed by atoms with Crippen LogP contribution in [0.15, 0.2) is 4.99 Å². The van der Waals surface area contributed by atoms with Crippen molar-refractivity contribution in [2.75, 3.05) is 20.1 Å². The second-order valence-electron chi connectivity index (χ2n) is 7.23. The predicted molar refractivity (Wildman–Crippen MR) is 86.2 cm³/mol. The molecule has 0 aromatic carbocycles. The number of nitrogens with two attached hydrogens (primary N) is 1. The van der Waals surface area contributed by atoms with E-state index in [-0.39, 0.29) is 23.7 Å². The van der Waals surface area contributed by atoms with E-state index in [0.29, 0.717) is 25.3 Å². The third-order valence-corrected chi connectivity index (χ3v) is 4.83. The topological polar surface area (TPSA) is 79.0 Å². The zero-order valence-electron chi connectivity index (χ0n) is 14.1. The average molecular weight is 308 g/mol. The maximum atomic E-state index is 12.3. The lowest BCUT2D eigenvalue weighted by Gasteiger charge is -2.43. The Bertz CT molecular complexity index is 489. The fourth-order valence-electron chi connectivity index (χ4n) is 3.35. The normalized spacial score (nSPS) is 29.8. The number of amides is 2. The van der Waals surface area contributed by atoms with E-state index >= 15 is 0 Å². The Morgan fingerprint density at radius 3 is 2.77 bits per heavy atom. The molecule has 0 bridgehead atoms. The maximum absolute atomic E-state index is 12.3. The van der Waals surface area contributed by atoms with Crippen molar-refractivity contribution < 1.29 is 9.59 Å². The van der Waals surface area contributed by atoms with Crippen LogP contribution in [0.5, 0.6) is 0 Å². The highest BCUT2D eigenvalue weighted by Gasteiger charge is 2.43. The second-order valence-corrected chi connectivity index (χ2v) is 7.23. The summed E-state index contributed by atoms with van der Waals surface area (Å²) in [6, 6.07) is 0. The van der Waals surface area contributed by atoms with E-state index in [0.717, 1.165) is 19.4 Å². The molecule has 1 fully saturated rings. The number of rotatable bonds is 3. The van der Waals surface area contributed by atoms with E-state index in [1.807, 2.05) is 11.8 Å². The van der Waals surface area contributed by atoms with Crippen LogP contribution < -0.4 is 5.73 Å². The maximum Gasteiger partial charge on any atom is 0.231 e. The third kappa shape index (κ3) is 3.42. The van der Waals surface area contributed by atoms with Crippen LogP contribution in [0, 0.1) is 11.8 Å². The van der Waals surface area contributed by atoms with Crippen LogP contribution in [0.25, 0.3) is 0 Å². The summed E-state index contributed by atoms with van der Waals surface area (Å²) in [5, 5.41) is 0. The minimum atomic E-state index is -0.496. The zero-order chi connectivity index (χ0) is 16.5. The van der Waals surface area contributed by atoms with Crippen molar-refractivity contribution >= 4 is 17.8 Å². The van der Waals surface area contributed by atoms with E-state index in [2.05, 4.69) is 18.8 Å². The fraction of sp³-hybridized carbons (Fsp3) is 0.812. The highest BCUT2D eigenvalue weighted by molar-refractivity contribution is 5.98. The number of guanidine groups is 1. The summed E-state index contributed by atoms with van der Waals surface area (Å²) >= 11 is 0. The smallest absolute Gasteiger partial charge is 0.231 e. The summed E-state index contributed by atoms with van der Waals surface area (Å²) in [6.07, 6.45) is 2.89. The fourth-order valence-corrected chi connectivity index (χ4v) is 3.35. The number of hydrogen-bond donors (Lipinski definition) is 1. The zero-order valence-corrected chi connectivity index (χ0v) is 14.1. The van der Waals surface area contributed by atoms with Crippen molar-refractivity contribution in [3.8, 4) is 0 Å². The van der Waals surface area contributed by atoms with Gasteiger partial charge in [0.2, 0.25) is 11.8 Å². The van der Waals surface area contributed by atoms with Gasteiger partial charge in [0.05, 0.1) is 12.0 Å². The first-order chi connectivity index (χ1) is 10.2. The van der Waals surface area contributed by atoms with Crippen LogP contribution in [0.4, 0.5) is 0 Å². The molecule has 0 aromatic rings. The summed E-state index contributed by atoms with van der Waals surface area (Å²) in [5.74, 6) is 1.04. The van der Waals surface area contributed by atoms with E-state index in [1.54, 1.807) is 7.05 Å². The molecule has 2 amide bonds. The highest BCUT2D eigenvalue weighted by Crippen LogP contribution is 2.35. The molecule has 124 valence electrons. The first kappa shape index (κ1) is 16.8. The second kappa shape index (κ2) is 6.26. The van der Waals surface area contributed by atoms with Crippen molar-refractivity contribution in [2.24, 2.45) is 22.6 Å². The highest BCUT2D eigenvalue weighted by atomic mass is 16.2. The summed E-state index contributed by atoms with van der Waals surface area (Å²) in [4.78, 5) is 32.4. The quantitative estimate of drug-likeness (QED) is 0.851. The van der Waals surface area contributed by atoms with Crippen LogP contribution in [-0.4, -0.2) is 53.2 Å². The Morgan fingerprint density at radius 2 is 2.18 bits per heavy atom. The standard InChI is InChI=1S/C16H28N4O2/c1-11(2)8-13(21)20-7-5-6-12(10-20)16(3)9-14(22)19(4)15(17)18-16/h11-12H,5-10H2,1-4H3,(H2,17,18)/t12?,16-/m0/s1. The molecule has 0 aromatic heterocycles. The molecular weight excluding hydrogens is 280 g/mol. The minimum Gasteiger partial charge on any atom is -0.369 e. The van der Waals surface area contributed by atoms with Crippen molar-refractivity contribution in [2.45, 2.75) is 52.0 Å². The molecule has 0 spiro atoms. The van der Waals surface area contributed by atoms with Crippen molar-refractivity contribution in [3.05, 3.63) is 0 Å². The van der Waals surface area contributed by atoms with Gasteiger partial charge in [-0.3, -0.25) is 14.5 Å². The lowest BCUT2D eigenvalue weighted by atomic mass is 9.77. The number of hydrogen-bond acceptors (Lipinski definition) is 4. The van der Waals surface area contributed by atoms with Gasteiger partial charge in [0, 0.05) is 32.5 Å². The van der Waals surface area contributed by atoms with Gasteiger partial charge in [-0.05, 0) is 25.7 Å². The molecule has 2 aliphatic rings. The molecule has 1 unspecified atom stereocenters. The Kier molecular flexibility index (Phi) is 4.78. The first-order valence-corrected chi connectivity index (χ1v) is 8.12. The lowest BCUT2D eigenvalue weighted by Crippen LogP contribution is -2.54. The molecule has 2 aliphatic heterocycles. The molecule has 0 saturated carbocycles. The van der Waals surface area contributed by atoms with Gasteiger partial charge in [0.15, 0.2) is 5.96 Å². The average Bonchev–Trinajstić information content (AvgIpc) is 2.44. The van der Waals surface area contributed by atoms with Crippen LogP contribution >= 0.6 is 0 Å².